The predicted molar refractivity (Wildman–Crippen MR) is 101 cm³/mol. The molecule has 0 saturated heterocycles. The minimum absolute atomic E-state index is 0.174. The Morgan fingerprint density at radius 3 is 2.38 bits per heavy atom. The molecule has 0 heterocycles. The van der Waals surface area contributed by atoms with Crippen LogP contribution in [0, 0.1) is 11.7 Å². The Kier molecular flexibility index (Phi) is 5.44. The highest BCUT2D eigenvalue weighted by Gasteiger charge is 2.13. The van der Waals surface area contributed by atoms with Crippen LogP contribution in [-0.2, 0) is 11.2 Å². The van der Waals surface area contributed by atoms with Crippen LogP contribution in [0.15, 0.2) is 66.7 Å². The van der Waals surface area contributed by atoms with Crippen LogP contribution in [0.4, 0.5) is 4.39 Å². The summed E-state index contributed by atoms with van der Waals surface area (Å²) in [5, 5.41) is 9.78. The molecule has 26 heavy (non-hydrogen) atoms. The van der Waals surface area contributed by atoms with Crippen molar-refractivity contribution in [2.45, 2.75) is 6.42 Å². The maximum atomic E-state index is 13.6. The fourth-order valence-electron chi connectivity index (χ4n) is 3.03. The molecule has 3 N–H and O–H groups in total. The smallest absolute Gasteiger partial charge is 0.124 e. The average Bonchev–Trinajstić information content (AvgIpc) is 2.66. The standard InChI is InChI=1S/C22H20FNO2/c23-20-5-1-3-16(11-20)17-7-8-22(18-4-2-6-21(26)12-18)19(10-17)9-15(13-24)14-25/h1-8,10-12,14-15,26H,9,13,24H2. The van der Waals surface area contributed by atoms with Crippen molar-refractivity contribution < 1.29 is 14.3 Å². The van der Waals surface area contributed by atoms with Gasteiger partial charge in [0.25, 0.3) is 0 Å². The molecule has 0 aliphatic rings. The average molecular weight is 349 g/mol. The van der Waals surface area contributed by atoms with Gasteiger partial charge in [0.1, 0.15) is 17.9 Å². The lowest BCUT2D eigenvalue weighted by atomic mass is 9.90. The van der Waals surface area contributed by atoms with E-state index >= 15 is 0 Å². The summed E-state index contributed by atoms with van der Waals surface area (Å²) in [6.07, 6.45) is 1.34. The minimum Gasteiger partial charge on any atom is -0.508 e. The van der Waals surface area contributed by atoms with Gasteiger partial charge in [-0.15, -0.1) is 0 Å². The van der Waals surface area contributed by atoms with E-state index in [0.29, 0.717) is 6.42 Å². The Labute approximate surface area is 151 Å². The van der Waals surface area contributed by atoms with Crippen LogP contribution >= 0.6 is 0 Å². The molecule has 0 aliphatic heterocycles. The van der Waals surface area contributed by atoms with Crippen molar-refractivity contribution in [3.63, 3.8) is 0 Å². The van der Waals surface area contributed by atoms with Crippen LogP contribution in [0.25, 0.3) is 22.3 Å². The van der Waals surface area contributed by atoms with E-state index in [0.717, 1.165) is 34.1 Å². The summed E-state index contributed by atoms with van der Waals surface area (Å²) >= 11 is 0. The number of aldehydes is 1. The lowest BCUT2D eigenvalue weighted by Crippen LogP contribution is -2.18. The fourth-order valence-corrected chi connectivity index (χ4v) is 3.03. The third-order valence-corrected chi connectivity index (χ3v) is 4.40. The van der Waals surface area contributed by atoms with Crippen LogP contribution in [0.2, 0.25) is 0 Å². The predicted octanol–water partition coefficient (Wildman–Crippen LogP) is 4.18. The molecule has 0 saturated carbocycles. The van der Waals surface area contributed by atoms with Gasteiger partial charge < -0.3 is 15.6 Å². The summed E-state index contributed by atoms with van der Waals surface area (Å²) in [5.41, 5.74) is 10.0. The van der Waals surface area contributed by atoms with Crippen molar-refractivity contribution in [1.29, 1.82) is 0 Å². The van der Waals surface area contributed by atoms with E-state index < -0.39 is 0 Å². The number of phenols is 1. The minimum atomic E-state index is -0.297. The van der Waals surface area contributed by atoms with Crippen LogP contribution in [0.1, 0.15) is 5.56 Å². The van der Waals surface area contributed by atoms with Crippen LogP contribution in [0.3, 0.4) is 0 Å². The molecule has 3 nitrogen and oxygen atoms in total. The summed E-state index contributed by atoms with van der Waals surface area (Å²) < 4.78 is 13.6. The van der Waals surface area contributed by atoms with Gasteiger partial charge in [-0.1, -0.05) is 42.5 Å². The maximum Gasteiger partial charge on any atom is 0.124 e. The van der Waals surface area contributed by atoms with Crippen molar-refractivity contribution >= 4 is 6.29 Å². The highest BCUT2D eigenvalue weighted by Crippen LogP contribution is 2.32. The molecule has 3 rings (SSSR count). The van der Waals surface area contributed by atoms with Gasteiger partial charge in [0.15, 0.2) is 0 Å². The Bertz CT molecular complexity index is 924. The van der Waals surface area contributed by atoms with Crippen LogP contribution < -0.4 is 5.73 Å². The highest BCUT2D eigenvalue weighted by molar-refractivity contribution is 5.75. The number of phenolic OH excluding ortho intramolecular Hbond substituents is 1. The van der Waals surface area contributed by atoms with Crippen molar-refractivity contribution in [2.75, 3.05) is 6.54 Å². The number of carbonyl (C=O) groups is 1. The van der Waals surface area contributed by atoms with Crippen molar-refractivity contribution in [3.8, 4) is 28.0 Å². The number of hydrogen-bond acceptors (Lipinski definition) is 3. The monoisotopic (exact) mass is 349 g/mol. The summed E-state index contributed by atoms with van der Waals surface area (Å²) in [6.45, 7) is 0.257. The molecule has 3 aromatic carbocycles. The first kappa shape index (κ1) is 17.8. The van der Waals surface area contributed by atoms with Gasteiger partial charge in [-0.25, -0.2) is 4.39 Å². The zero-order valence-corrected chi connectivity index (χ0v) is 14.2. The second-order valence-electron chi connectivity index (χ2n) is 6.27. The van der Waals surface area contributed by atoms with E-state index in [1.165, 1.54) is 12.1 Å². The molecule has 1 atom stereocenters. The molecule has 1 unspecified atom stereocenters. The zero-order valence-electron chi connectivity index (χ0n) is 14.2. The SMILES string of the molecule is NCC(C=O)Cc1cc(-c2cccc(F)c2)ccc1-c1cccc(O)c1. The van der Waals surface area contributed by atoms with Gasteiger partial charge in [0, 0.05) is 12.5 Å². The molecule has 0 aromatic heterocycles. The second-order valence-corrected chi connectivity index (χ2v) is 6.27. The Morgan fingerprint density at radius 2 is 1.69 bits per heavy atom. The molecule has 0 aliphatic carbocycles. The molecule has 132 valence electrons. The number of nitrogens with two attached hydrogens (primary N) is 1. The van der Waals surface area contributed by atoms with E-state index in [1.807, 2.05) is 30.3 Å². The molecular formula is C22H20FNO2. The normalized spacial score (nSPS) is 11.9. The van der Waals surface area contributed by atoms with Crippen molar-refractivity contribution in [1.82, 2.24) is 0 Å². The topological polar surface area (TPSA) is 63.3 Å². The molecule has 0 fully saturated rings. The molecule has 4 heteroatoms. The fraction of sp³-hybridized carbons (Fsp3) is 0.136. The van der Waals surface area contributed by atoms with Gasteiger partial charge in [-0.05, 0) is 58.5 Å². The largest absolute Gasteiger partial charge is 0.508 e. The summed E-state index contributed by atoms with van der Waals surface area (Å²) in [6, 6.07) is 19.2. The first-order chi connectivity index (χ1) is 12.6. The first-order valence-corrected chi connectivity index (χ1v) is 8.44. The number of aromatic hydroxyl groups is 1. The maximum absolute atomic E-state index is 13.6. The first-order valence-electron chi connectivity index (χ1n) is 8.44. The molecular weight excluding hydrogens is 329 g/mol. The lowest BCUT2D eigenvalue weighted by molar-refractivity contribution is -0.110. The highest BCUT2D eigenvalue weighted by atomic mass is 19.1. The second kappa shape index (κ2) is 7.93. The van der Waals surface area contributed by atoms with Gasteiger partial charge in [0.05, 0.1) is 0 Å². The number of carbonyl (C=O) groups excluding carboxylic acids is 1. The molecule has 3 aromatic rings. The third kappa shape index (κ3) is 3.98. The number of rotatable bonds is 6. The van der Waals surface area contributed by atoms with E-state index in [4.69, 9.17) is 5.73 Å². The molecule has 0 radical (unpaired) electrons. The van der Waals surface area contributed by atoms with Crippen LogP contribution in [-0.4, -0.2) is 17.9 Å². The summed E-state index contributed by atoms with van der Waals surface area (Å²) in [4.78, 5) is 11.3. The third-order valence-electron chi connectivity index (χ3n) is 4.40. The van der Waals surface area contributed by atoms with Gasteiger partial charge >= 0.3 is 0 Å². The Morgan fingerprint density at radius 1 is 0.962 bits per heavy atom. The lowest BCUT2D eigenvalue weighted by Gasteiger charge is -2.15. The molecule has 0 spiro atoms. The van der Waals surface area contributed by atoms with E-state index in [2.05, 4.69) is 0 Å². The van der Waals surface area contributed by atoms with Crippen molar-refractivity contribution in [3.05, 3.63) is 78.1 Å². The summed E-state index contributed by atoms with van der Waals surface area (Å²) in [7, 11) is 0. The van der Waals surface area contributed by atoms with Crippen LogP contribution in [0.5, 0.6) is 5.75 Å². The summed E-state index contributed by atoms with van der Waals surface area (Å²) in [5.74, 6) is -0.420. The molecule has 0 amide bonds. The number of halogens is 1. The van der Waals surface area contributed by atoms with E-state index in [-0.39, 0.29) is 24.0 Å². The number of hydrogen-bond donors (Lipinski definition) is 2. The zero-order chi connectivity index (χ0) is 18.5. The quantitative estimate of drug-likeness (QED) is 0.656. The Hall–Kier alpha value is -2.98. The van der Waals surface area contributed by atoms with Crippen molar-refractivity contribution in [2.24, 2.45) is 11.7 Å². The number of benzene rings is 3. The van der Waals surface area contributed by atoms with Gasteiger partial charge in [-0.2, -0.15) is 0 Å². The van der Waals surface area contributed by atoms with E-state index in [1.54, 1.807) is 24.3 Å². The van der Waals surface area contributed by atoms with E-state index in [9.17, 15) is 14.3 Å². The van der Waals surface area contributed by atoms with Gasteiger partial charge in [-0.3, -0.25) is 0 Å². The van der Waals surface area contributed by atoms with Gasteiger partial charge in [0.2, 0.25) is 0 Å². The molecule has 0 bridgehead atoms. The Balaban J connectivity index is 2.10.